The number of pyridine rings is 1. The van der Waals surface area contributed by atoms with Crippen LogP contribution in [0.2, 0.25) is 0 Å². The molecule has 0 aliphatic heterocycles. The highest BCUT2D eigenvalue weighted by Gasteiger charge is 2.17. The van der Waals surface area contributed by atoms with Gasteiger partial charge >= 0.3 is 5.69 Å². The maximum absolute atomic E-state index is 13.2. The summed E-state index contributed by atoms with van der Waals surface area (Å²) in [7, 11) is 0. The standard InChI is InChI=1S/C19H17FN4O3/c20-15-3-1-13(2-4-15)18(14-5-9-21-10-6-14)22-16(25)7-11-24-12-8-17(26)23-19(24)27/h1-6,8-10,12,18H,7,11H2,(H,22,25)(H,23,26,27). The van der Waals surface area contributed by atoms with Gasteiger partial charge in [0.05, 0.1) is 6.04 Å². The smallest absolute Gasteiger partial charge is 0.328 e. The molecule has 0 aliphatic rings. The summed E-state index contributed by atoms with van der Waals surface area (Å²) in [5.74, 6) is -0.657. The van der Waals surface area contributed by atoms with Gasteiger partial charge in [-0.2, -0.15) is 0 Å². The average molecular weight is 368 g/mol. The van der Waals surface area contributed by atoms with Crippen molar-refractivity contribution in [3.8, 4) is 0 Å². The number of aromatic nitrogens is 3. The third-order valence-electron chi connectivity index (χ3n) is 4.02. The van der Waals surface area contributed by atoms with Gasteiger partial charge in [0.1, 0.15) is 5.82 Å². The molecule has 8 heteroatoms. The highest BCUT2D eigenvalue weighted by molar-refractivity contribution is 5.76. The Balaban J connectivity index is 1.75. The number of carbonyl (C=O) groups is 1. The second-order valence-corrected chi connectivity index (χ2v) is 5.89. The Morgan fingerprint density at radius 3 is 2.41 bits per heavy atom. The van der Waals surface area contributed by atoms with Crippen LogP contribution < -0.4 is 16.6 Å². The predicted molar refractivity (Wildman–Crippen MR) is 96.6 cm³/mol. The number of nitrogens with one attached hydrogen (secondary N) is 2. The molecule has 0 bridgehead atoms. The number of hydrogen-bond donors (Lipinski definition) is 2. The van der Waals surface area contributed by atoms with Crippen molar-refractivity contribution in [2.24, 2.45) is 0 Å². The molecule has 1 aromatic carbocycles. The fraction of sp³-hybridized carbons (Fsp3) is 0.158. The van der Waals surface area contributed by atoms with Crippen molar-refractivity contribution < 1.29 is 9.18 Å². The fourth-order valence-electron chi connectivity index (χ4n) is 2.65. The van der Waals surface area contributed by atoms with E-state index in [4.69, 9.17) is 0 Å². The molecular formula is C19H17FN4O3. The van der Waals surface area contributed by atoms with Crippen molar-refractivity contribution in [2.45, 2.75) is 19.0 Å². The topological polar surface area (TPSA) is 96.9 Å². The molecule has 1 amide bonds. The van der Waals surface area contributed by atoms with E-state index in [0.29, 0.717) is 0 Å². The summed E-state index contributed by atoms with van der Waals surface area (Å²) in [6.07, 6.45) is 4.60. The molecule has 138 valence electrons. The molecule has 1 unspecified atom stereocenters. The average Bonchev–Trinajstić information content (AvgIpc) is 2.67. The Kier molecular flexibility index (Phi) is 5.55. The summed E-state index contributed by atoms with van der Waals surface area (Å²) >= 11 is 0. The van der Waals surface area contributed by atoms with Crippen LogP contribution in [0.3, 0.4) is 0 Å². The molecule has 7 nitrogen and oxygen atoms in total. The van der Waals surface area contributed by atoms with Crippen LogP contribution in [0.25, 0.3) is 0 Å². The number of nitrogens with zero attached hydrogens (tertiary/aromatic N) is 2. The Hall–Kier alpha value is -3.55. The quantitative estimate of drug-likeness (QED) is 0.687. The van der Waals surface area contributed by atoms with Crippen LogP contribution in [0.15, 0.2) is 70.6 Å². The van der Waals surface area contributed by atoms with Gasteiger partial charge in [0.2, 0.25) is 5.91 Å². The Bertz CT molecular complexity index is 1030. The van der Waals surface area contributed by atoms with Crippen molar-refractivity contribution in [3.63, 3.8) is 0 Å². The van der Waals surface area contributed by atoms with Gasteiger partial charge in [0, 0.05) is 37.6 Å². The van der Waals surface area contributed by atoms with Crippen LogP contribution in [-0.4, -0.2) is 20.4 Å². The first-order valence-corrected chi connectivity index (χ1v) is 8.27. The van der Waals surface area contributed by atoms with Gasteiger partial charge in [-0.15, -0.1) is 0 Å². The molecule has 0 radical (unpaired) electrons. The third kappa shape index (κ3) is 4.75. The molecular weight excluding hydrogens is 351 g/mol. The summed E-state index contributed by atoms with van der Waals surface area (Å²) in [5, 5.41) is 2.89. The summed E-state index contributed by atoms with van der Waals surface area (Å²) in [4.78, 5) is 41.3. The largest absolute Gasteiger partial charge is 0.345 e. The zero-order valence-corrected chi connectivity index (χ0v) is 14.3. The van der Waals surface area contributed by atoms with Crippen molar-refractivity contribution >= 4 is 5.91 Å². The first-order valence-electron chi connectivity index (χ1n) is 8.27. The molecule has 0 saturated heterocycles. The lowest BCUT2D eigenvalue weighted by Gasteiger charge is -2.20. The van der Waals surface area contributed by atoms with E-state index in [0.717, 1.165) is 11.1 Å². The summed E-state index contributed by atoms with van der Waals surface area (Å²) in [6, 6.07) is 10.1. The lowest BCUT2D eigenvalue weighted by Crippen LogP contribution is -2.33. The summed E-state index contributed by atoms with van der Waals surface area (Å²) in [5.41, 5.74) is 0.456. The van der Waals surface area contributed by atoms with Gasteiger partial charge in [-0.05, 0) is 35.4 Å². The maximum atomic E-state index is 13.2. The van der Waals surface area contributed by atoms with E-state index in [-0.39, 0.29) is 24.7 Å². The Morgan fingerprint density at radius 2 is 1.74 bits per heavy atom. The maximum Gasteiger partial charge on any atom is 0.328 e. The number of aryl methyl sites for hydroxylation is 1. The number of amides is 1. The molecule has 2 N–H and O–H groups in total. The number of benzene rings is 1. The number of rotatable bonds is 6. The molecule has 0 spiro atoms. The lowest BCUT2D eigenvalue weighted by molar-refractivity contribution is -0.121. The van der Waals surface area contributed by atoms with E-state index in [1.54, 1.807) is 36.7 Å². The first-order chi connectivity index (χ1) is 13.0. The normalized spacial score (nSPS) is 11.7. The van der Waals surface area contributed by atoms with Gasteiger partial charge in [-0.1, -0.05) is 12.1 Å². The zero-order chi connectivity index (χ0) is 19.2. The van der Waals surface area contributed by atoms with E-state index in [9.17, 15) is 18.8 Å². The van der Waals surface area contributed by atoms with Gasteiger partial charge < -0.3 is 9.88 Å². The van der Waals surface area contributed by atoms with Crippen LogP contribution in [0, 0.1) is 5.82 Å². The van der Waals surface area contributed by atoms with E-state index in [2.05, 4.69) is 15.3 Å². The van der Waals surface area contributed by atoms with E-state index < -0.39 is 17.3 Å². The molecule has 0 fully saturated rings. The molecule has 3 aromatic rings. The Morgan fingerprint density at radius 1 is 1.07 bits per heavy atom. The Labute approximate surface area is 153 Å². The number of carbonyl (C=O) groups excluding carboxylic acids is 1. The molecule has 0 aliphatic carbocycles. The van der Waals surface area contributed by atoms with Crippen LogP contribution in [-0.2, 0) is 11.3 Å². The third-order valence-corrected chi connectivity index (χ3v) is 4.02. The van der Waals surface area contributed by atoms with Crippen molar-refractivity contribution in [3.05, 3.63) is 98.8 Å². The van der Waals surface area contributed by atoms with Gasteiger partial charge in [0.15, 0.2) is 0 Å². The van der Waals surface area contributed by atoms with E-state index >= 15 is 0 Å². The predicted octanol–water partition coefficient (Wildman–Crippen LogP) is 1.37. The van der Waals surface area contributed by atoms with Crippen molar-refractivity contribution in [1.29, 1.82) is 0 Å². The highest BCUT2D eigenvalue weighted by atomic mass is 19.1. The van der Waals surface area contributed by atoms with E-state index in [1.165, 1.54) is 29.0 Å². The van der Waals surface area contributed by atoms with Crippen molar-refractivity contribution in [2.75, 3.05) is 0 Å². The molecule has 2 aromatic heterocycles. The SMILES string of the molecule is O=C(CCn1ccc(=O)[nH]c1=O)NC(c1ccncc1)c1ccc(F)cc1. The summed E-state index contributed by atoms with van der Waals surface area (Å²) in [6.45, 7) is 0.119. The summed E-state index contributed by atoms with van der Waals surface area (Å²) < 4.78 is 14.5. The highest BCUT2D eigenvalue weighted by Crippen LogP contribution is 2.22. The number of halogens is 1. The van der Waals surface area contributed by atoms with Gasteiger partial charge in [-0.25, -0.2) is 9.18 Å². The monoisotopic (exact) mass is 368 g/mol. The van der Waals surface area contributed by atoms with Crippen LogP contribution in [0.5, 0.6) is 0 Å². The van der Waals surface area contributed by atoms with Crippen LogP contribution in [0.1, 0.15) is 23.6 Å². The van der Waals surface area contributed by atoms with Gasteiger partial charge in [0.25, 0.3) is 5.56 Å². The van der Waals surface area contributed by atoms with Crippen LogP contribution in [0.4, 0.5) is 4.39 Å². The minimum atomic E-state index is -0.570. The minimum absolute atomic E-state index is 0.0364. The first kappa shape index (κ1) is 18.2. The van der Waals surface area contributed by atoms with Crippen LogP contribution >= 0.6 is 0 Å². The molecule has 2 heterocycles. The molecule has 3 rings (SSSR count). The second-order valence-electron chi connectivity index (χ2n) is 5.89. The fourth-order valence-corrected chi connectivity index (χ4v) is 2.65. The number of aromatic amines is 1. The van der Waals surface area contributed by atoms with E-state index in [1.807, 2.05) is 0 Å². The van der Waals surface area contributed by atoms with Crippen molar-refractivity contribution in [1.82, 2.24) is 19.9 Å². The second kappa shape index (κ2) is 8.22. The van der Waals surface area contributed by atoms with Gasteiger partial charge in [-0.3, -0.25) is 19.6 Å². The molecule has 0 saturated carbocycles. The lowest BCUT2D eigenvalue weighted by atomic mass is 9.99. The molecule has 1 atom stereocenters. The zero-order valence-electron chi connectivity index (χ0n) is 14.3. The number of hydrogen-bond acceptors (Lipinski definition) is 4. The minimum Gasteiger partial charge on any atom is -0.345 e. The molecule has 27 heavy (non-hydrogen) atoms. The number of H-pyrrole nitrogens is 1.